The van der Waals surface area contributed by atoms with E-state index < -0.39 is 0 Å². The molecule has 1 atom stereocenters. The normalized spacial score (nSPS) is 17.0. The number of nitrogens with zero attached hydrogens (tertiary/aromatic N) is 1. The predicted molar refractivity (Wildman–Crippen MR) is 97.8 cm³/mol. The molecule has 1 fully saturated rings. The first-order valence-corrected chi connectivity index (χ1v) is 8.02. The molecular formula is C19H23ClN2O2. The molecule has 24 heavy (non-hydrogen) atoms. The number of carbonyl (C=O) groups is 1. The lowest BCUT2D eigenvalue weighted by molar-refractivity contribution is 0.0655. The van der Waals surface area contributed by atoms with E-state index in [2.05, 4.69) is 12.2 Å². The quantitative estimate of drug-likeness (QED) is 0.924. The molecule has 128 valence electrons. The van der Waals surface area contributed by atoms with Crippen molar-refractivity contribution < 1.29 is 9.53 Å². The Kier molecular flexibility index (Phi) is 6.64. The number of halogens is 1. The summed E-state index contributed by atoms with van der Waals surface area (Å²) in [6, 6.07) is 17.7. The third-order valence-electron chi connectivity index (χ3n) is 4.11. The molecule has 0 unspecified atom stereocenters. The summed E-state index contributed by atoms with van der Waals surface area (Å²) in [6.45, 7) is 5.06. The summed E-state index contributed by atoms with van der Waals surface area (Å²) in [4.78, 5) is 14.5. The van der Waals surface area contributed by atoms with Crippen molar-refractivity contribution in [1.82, 2.24) is 10.2 Å². The van der Waals surface area contributed by atoms with Crippen LogP contribution in [0.1, 0.15) is 22.8 Å². The van der Waals surface area contributed by atoms with Crippen LogP contribution in [0.5, 0.6) is 5.75 Å². The predicted octanol–water partition coefficient (Wildman–Crippen LogP) is 3.12. The number of hydrogen-bond acceptors (Lipinski definition) is 3. The van der Waals surface area contributed by atoms with Crippen molar-refractivity contribution in [1.29, 1.82) is 0 Å². The largest absolute Gasteiger partial charge is 0.489 e. The molecule has 2 aromatic rings. The Morgan fingerprint density at radius 3 is 2.54 bits per heavy atom. The minimum absolute atomic E-state index is 0. The van der Waals surface area contributed by atoms with E-state index in [0.29, 0.717) is 12.2 Å². The Labute approximate surface area is 149 Å². The average molecular weight is 347 g/mol. The molecule has 1 aliphatic heterocycles. The molecule has 0 saturated carbocycles. The molecule has 1 heterocycles. The number of benzene rings is 2. The van der Waals surface area contributed by atoms with Crippen LogP contribution in [0.2, 0.25) is 0 Å². The molecule has 0 aromatic heterocycles. The lowest BCUT2D eigenvalue weighted by Gasteiger charge is -2.34. The van der Waals surface area contributed by atoms with Crippen molar-refractivity contribution in [2.24, 2.45) is 0 Å². The zero-order valence-electron chi connectivity index (χ0n) is 13.8. The molecule has 0 aliphatic carbocycles. The van der Waals surface area contributed by atoms with Gasteiger partial charge >= 0.3 is 0 Å². The molecule has 4 nitrogen and oxygen atoms in total. The van der Waals surface area contributed by atoms with E-state index in [1.807, 2.05) is 59.5 Å². The van der Waals surface area contributed by atoms with Crippen LogP contribution in [-0.4, -0.2) is 36.5 Å². The van der Waals surface area contributed by atoms with Gasteiger partial charge in [0.25, 0.3) is 5.91 Å². The average Bonchev–Trinajstić information content (AvgIpc) is 2.61. The van der Waals surface area contributed by atoms with Gasteiger partial charge in [-0.2, -0.15) is 0 Å². The highest BCUT2D eigenvalue weighted by molar-refractivity contribution is 5.94. The first kappa shape index (κ1) is 18.3. The van der Waals surface area contributed by atoms with Crippen molar-refractivity contribution >= 4 is 18.3 Å². The van der Waals surface area contributed by atoms with Crippen LogP contribution in [0.25, 0.3) is 0 Å². The summed E-state index contributed by atoms with van der Waals surface area (Å²) < 4.78 is 5.76. The minimum Gasteiger partial charge on any atom is -0.489 e. The van der Waals surface area contributed by atoms with Crippen LogP contribution in [0.15, 0.2) is 54.6 Å². The van der Waals surface area contributed by atoms with Crippen molar-refractivity contribution in [2.75, 3.05) is 19.6 Å². The second-order valence-corrected chi connectivity index (χ2v) is 5.85. The topological polar surface area (TPSA) is 41.6 Å². The van der Waals surface area contributed by atoms with Gasteiger partial charge in [0.2, 0.25) is 0 Å². The third-order valence-corrected chi connectivity index (χ3v) is 4.11. The molecule has 1 aliphatic rings. The van der Waals surface area contributed by atoms with E-state index in [4.69, 9.17) is 4.74 Å². The maximum atomic E-state index is 12.6. The van der Waals surface area contributed by atoms with Gasteiger partial charge in [-0.1, -0.05) is 30.3 Å². The van der Waals surface area contributed by atoms with Gasteiger partial charge in [-0.05, 0) is 36.8 Å². The highest BCUT2D eigenvalue weighted by atomic mass is 35.5. The number of amides is 1. The molecule has 1 saturated heterocycles. The fraction of sp³-hybridized carbons (Fsp3) is 0.316. The van der Waals surface area contributed by atoms with Crippen molar-refractivity contribution in [3.05, 3.63) is 65.7 Å². The lowest BCUT2D eigenvalue weighted by atomic mass is 10.1. The Morgan fingerprint density at radius 1 is 1.17 bits per heavy atom. The second-order valence-electron chi connectivity index (χ2n) is 5.85. The Hall–Kier alpha value is -2.04. The zero-order valence-corrected chi connectivity index (χ0v) is 14.6. The third kappa shape index (κ3) is 4.49. The molecule has 5 heteroatoms. The van der Waals surface area contributed by atoms with E-state index in [9.17, 15) is 4.79 Å². The second kappa shape index (κ2) is 8.71. The molecule has 2 aromatic carbocycles. The standard InChI is InChI=1S/C19H22N2O2.ClH/c1-15-13-20-11-12-21(15)19(22)17-7-9-18(10-8-17)23-14-16-5-3-2-4-6-16;/h2-10,15,20H,11-14H2,1H3;1H/t15-;/m0./s1. The van der Waals surface area contributed by atoms with Gasteiger partial charge < -0.3 is 15.0 Å². The van der Waals surface area contributed by atoms with Gasteiger partial charge in [0, 0.05) is 31.2 Å². The van der Waals surface area contributed by atoms with Gasteiger partial charge in [0.1, 0.15) is 12.4 Å². The SMILES string of the molecule is C[C@H]1CNCCN1C(=O)c1ccc(OCc2ccccc2)cc1.Cl. The summed E-state index contributed by atoms with van der Waals surface area (Å²) >= 11 is 0. The maximum absolute atomic E-state index is 12.6. The highest BCUT2D eigenvalue weighted by Gasteiger charge is 2.23. The Morgan fingerprint density at radius 2 is 1.88 bits per heavy atom. The molecule has 0 bridgehead atoms. The monoisotopic (exact) mass is 346 g/mol. The van der Waals surface area contributed by atoms with E-state index in [1.54, 1.807) is 0 Å². The van der Waals surface area contributed by atoms with Crippen molar-refractivity contribution in [3.63, 3.8) is 0 Å². The highest BCUT2D eigenvalue weighted by Crippen LogP contribution is 2.17. The zero-order chi connectivity index (χ0) is 16.1. The van der Waals surface area contributed by atoms with Gasteiger partial charge in [-0.3, -0.25) is 4.79 Å². The van der Waals surface area contributed by atoms with Crippen LogP contribution in [0, 0.1) is 0 Å². The summed E-state index contributed by atoms with van der Waals surface area (Å²) in [7, 11) is 0. The number of carbonyl (C=O) groups excluding carboxylic acids is 1. The van der Waals surface area contributed by atoms with Crippen molar-refractivity contribution in [2.45, 2.75) is 19.6 Å². The number of piperazine rings is 1. The summed E-state index contributed by atoms with van der Waals surface area (Å²) in [6.07, 6.45) is 0. The number of rotatable bonds is 4. The van der Waals surface area contributed by atoms with Crippen LogP contribution < -0.4 is 10.1 Å². The molecule has 0 radical (unpaired) electrons. The Balaban J connectivity index is 0.00000208. The first-order chi connectivity index (χ1) is 11.2. The van der Waals surface area contributed by atoms with Gasteiger partial charge in [-0.15, -0.1) is 12.4 Å². The van der Waals surface area contributed by atoms with Gasteiger partial charge in [-0.25, -0.2) is 0 Å². The lowest BCUT2D eigenvalue weighted by Crippen LogP contribution is -2.52. The maximum Gasteiger partial charge on any atom is 0.254 e. The fourth-order valence-corrected chi connectivity index (χ4v) is 2.74. The minimum atomic E-state index is 0. The van der Waals surface area contributed by atoms with Crippen LogP contribution in [0.3, 0.4) is 0 Å². The number of hydrogen-bond donors (Lipinski definition) is 1. The Bertz CT molecular complexity index is 646. The fourth-order valence-electron chi connectivity index (χ4n) is 2.74. The summed E-state index contributed by atoms with van der Waals surface area (Å²) in [5.74, 6) is 0.868. The molecule has 1 amide bonds. The number of nitrogens with one attached hydrogen (secondary N) is 1. The summed E-state index contributed by atoms with van der Waals surface area (Å²) in [5.41, 5.74) is 1.84. The van der Waals surface area contributed by atoms with Crippen LogP contribution in [0.4, 0.5) is 0 Å². The van der Waals surface area contributed by atoms with Crippen molar-refractivity contribution in [3.8, 4) is 5.75 Å². The van der Waals surface area contributed by atoms with Crippen LogP contribution >= 0.6 is 12.4 Å². The smallest absolute Gasteiger partial charge is 0.254 e. The molecule has 3 rings (SSSR count). The van der Waals surface area contributed by atoms with E-state index in [0.717, 1.165) is 30.9 Å². The van der Waals surface area contributed by atoms with E-state index in [-0.39, 0.29) is 24.4 Å². The molecule has 0 spiro atoms. The van der Waals surface area contributed by atoms with Gasteiger partial charge in [0.15, 0.2) is 0 Å². The summed E-state index contributed by atoms with van der Waals surface area (Å²) in [5, 5.41) is 3.30. The molecular weight excluding hydrogens is 324 g/mol. The van der Waals surface area contributed by atoms with E-state index in [1.165, 1.54) is 0 Å². The van der Waals surface area contributed by atoms with Gasteiger partial charge in [0.05, 0.1) is 0 Å². The number of ether oxygens (including phenoxy) is 1. The van der Waals surface area contributed by atoms with Crippen LogP contribution in [-0.2, 0) is 6.61 Å². The first-order valence-electron chi connectivity index (χ1n) is 8.02. The van der Waals surface area contributed by atoms with E-state index >= 15 is 0 Å². The molecule has 1 N–H and O–H groups in total.